The number of hydrogen-bond acceptors (Lipinski definition) is 4. The quantitative estimate of drug-likeness (QED) is 0.879. The molecule has 3 nitrogen and oxygen atoms in total. The maximum atomic E-state index is 5.90. The maximum absolute atomic E-state index is 5.90. The lowest BCUT2D eigenvalue weighted by atomic mass is 10.2. The summed E-state index contributed by atoms with van der Waals surface area (Å²) in [6, 6.07) is 6.78. The molecule has 0 aliphatic carbocycles. The number of benzene rings is 1. The van der Waals surface area contributed by atoms with Crippen LogP contribution in [0.3, 0.4) is 0 Å². The topological polar surface area (TPSA) is 34.1 Å². The first-order valence-electron chi connectivity index (χ1n) is 7.61. The predicted octanol–water partition coefficient (Wildman–Crippen LogP) is 3.77. The summed E-state index contributed by atoms with van der Waals surface area (Å²) in [6.45, 7) is 4.12. The molecule has 108 valence electrons. The average molecular weight is 290 g/mol. The largest absolute Gasteiger partial charge is 0.492 e. The van der Waals surface area contributed by atoms with Crippen LogP contribution < -0.4 is 10.1 Å². The standard InChI is InChI=1S/C16H22N2OS/c1-2-3-6-16-18-14-8-7-13(10-15(14)20-16)19-11-12-5-4-9-17-12/h7-8,10,12,17H,2-6,9,11H2,1H3. The summed E-state index contributed by atoms with van der Waals surface area (Å²) in [4.78, 5) is 4.68. The highest BCUT2D eigenvalue weighted by Crippen LogP contribution is 2.27. The molecule has 1 aliphatic rings. The number of ether oxygens (including phenoxy) is 1. The van der Waals surface area contributed by atoms with Crippen molar-refractivity contribution in [1.82, 2.24) is 10.3 Å². The van der Waals surface area contributed by atoms with E-state index in [4.69, 9.17) is 4.74 Å². The Morgan fingerprint density at radius 3 is 3.20 bits per heavy atom. The van der Waals surface area contributed by atoms with E-state index in [1.54, 1.807) is 11.3 Å². The van der Waals surface area contributed by atoms with Crippen LogP contribution in [-0.4, -0.2) is 24.2 Å². The molecule has 1 N–H and O–H groups in total. The molecule has 1 fully saturated rings. The first-order chi connectivity index (χ1) is 9.85. The van der Waals surface area contributed by atoms with Crippen LogP contribution in [0.2, 0.25) is 0 Å². The van der Waals surface area contributed by atoms with E-state index in [0.717, 1.165) is 30.8 Å². The number of aryl methyl sites for hydroxylation is 1. The number of thiazole rings is 1. The summed E-state index contributed by atoms with van der Waals surface area (Å²) in [5, 5.41) is 4.70. The molecule has 1 saturated heterocycles. The van der Waals surface area contributed by atoms with Gasteiger partial charge in [0.25, 0.3) is 0 Å². The number of nitrogens with zero attached hydrogens (tertiary/aromatic N) is 1. The van der Waals surface area contributed by atoms with Crippen molar-refractivity contribution in [3.63, 3.8) is 0 Å². The molecule has 0 amide bonds. The van der Waals surface area contributed by atoms with E-state index >= 15 is 0 Å². The van der Waals surface area contributed by atoms with Crippen LogP contribution in [0.1, 0.15) is 37.6 Å². The van der Waals surface area contributed by atoms with Gasteiger partial charge in [0.15, 0.2) is 0 Å². The zero-order valence-electron chi connectivity index (χ0n) is 12.0. The van der Waals surface area contributed by atoms with Crippen LogP contribution in [-0.2, 0) is 6.42 Å². The molecule has 0 spiro atoms. The van der Waals surface area contributed by atoms with E-state index in [9.17, 15) is 0 Å². The fourth-order valence-electron chi connectivity index (χ4n) is 2.57. The second kappa shape index (κ2) is 6.55. The van der Waals surface area contributed by atoms with Crippen molar-refractivity contribution in [2.45, 2.75) is 45.1 Å². The fraction of sp³-hybridized carbons (Fsp3) is 0.562. The van der Waals surface area contributed by atoms with Crippen molar-refractivity contribution in [2.24, 2.45) is 0 Å². The maximum Gasteiger partial charge on any atom is 0.120 e. The monoisotopic (exact) mass is 290 g/mol. The van der Waals surface area contributed by atoms with Crippen molar-refractivity contribution >= 4 is 21.6 Å². The van der Waals surface area contributed by atoms with Gasteiger partial charge in [0, 0.05) is 6.04 Å². The van der Waals surface area contributed by atoms with Gasteiger partial charge in [-0.3, -0.25) is 0 Å². The molecule has 2 heterocycles. The molecule has 0 saturated carbocycles. The minimum atomic E-state index is 0.521. The van der Waals surface area contributed by atoms with Gasteiger partial charge in [-0.1, -0.05) is 13.3 Å². The Morgan fingerprint density at radius 2 is 2.40 bits per heavy atom. The van der Waals surface area contributed by atoms with Gasteiger partial charge in [-0.05, 0) is 50.4 Å². The van der Waals surface area contributed by atoms with Crippen molar-refractivity contribution in [1.29, 1.82) is 0 Å². The summed E-state index contributed by atoms with van der Waals surface area (Å²) >= 11 is 1.80. The van der Waals surface area contributed by atoms with Gasteiger partial charge < -0.3 is 10.1 Å². The highest BCUT2D eigenvalue weighted by Gasteiger charge is 2.14. The summed E-state index contributed by atoms with van der Waals surface area (Å²) in [5.41, 5.74) is 1.10. The van der Waals surface area contributed by atoms with Crippen LogP contribution in [0.25, 0.3) is 10.2 Å². The minimum absolute atomic E-state index is 0.521. The number of aromatic nitrogens is 1. The van der Waals surface area contributed by atoms with Crippen molar-refractivity contribution in [3.05, 3.63) is 23.2 Å². The second-order valence-electron chi connectivity index (χ2n) is 5.44. The van der Waals surface area contributed by atoms with Crippen LogP contribution in [0.4, 0.5) is 0 Å². The highest BCUT2D eigenvalue weighted by atomic mass is 32.1. The Bertz CT molecular complexity index is 561. The molecule has 1 aromatic carbocycles. The van der Waals surface area contributed by atoms with Crippen molar-refractivity contribution in [2.75, 3.05) is 13.2 Å². The molecular weight excluding hydrogens is 268 g/mol. The number of unbranched alkanes of at least 4 members (excludes halogenated alkanes) is 1. The third kappa shape index (κ3) is 3.30. The minimum Gasteiger partial charge on any atom is -0.492 e. The third-order valence-electron chi connectivity index (χ3n) is 3.76. The van der Waals surface area contributed by atoms with Gasteiger partial charge in [0.1, 0.15) is 12.4 Å². The number of nitrogens with one attached hydrogen (secondary N) is 1. The Balaban J connectivity index is 1.66. The van der Waals surface area contributed by atoms with E-state index in [0.29, 0.717) is 6.04 Å². The third-order valence-corrected chi connectivity index (χ3v) is 4.84. The first kappa shape index (κ1) is 13.8. The van der Waals surface area contributed by atoms with E-state index in [-0.39, 0.29) is 0 Å². The first-order valence-corrected chi connectivity index (χ1v) is 8.42. The Morgan fingerprint density at radius 1 is 1.45 bits per heavy atom. The van der Waals surface area contributed by atoms with Gasteiger partial charge in [-0.15, -0.1) is 11.3 Å². The molecule has 1 aromatic heterocycles. The van der Waals surface area contributed by atoms with E-state index in [2.05, 4.69) is 29.4 Å². The molecule has 20 heavy (non-hydrogen) atoms. The van der Waals surface area contributed by atoms with Gasteiger partial charge in [-0.2, -0.15) is 0 Å². The lowest BCUT2D eigenvalue weighted by molar-refractivity contribution is 0.277. The van der Waals surface area contributed by atoms with Gasteiger partial charge in [0.2, 0.25) is 0 Å². The normalized spacial score (nSPS) is 18.8. The van der Waals surface area contributed by atoms with Crippen LogP contribution in [0, 0.1) is 0 Å². The van der Waals surface area contributed by atoms with Crippen LogP contribution >= 0.6 is 11.3 Å². The van der Waals surface area contributed by atoms with Gasteiger partial charge in [-0.25, -0.2) is 4.98 Å². The van der Waals surface area contributed by atoms with Gasteiger partial charge >= 0.3 is 0 Å². The van der Waals surface area contributed by atoms with Crippen LogP contribution in [0.5, 0.6) is 5.75 Å². The lowest BCUT2D eigenvalue weighted by Crippen LogP contribution is -2.28. The summed E-state index contributed by atoms with van der Waals surface area (Å²) in [5.74, 6) is 0.969. The Kier molecular flexibility index (Phi) is 4.53. The smallest absolute Gasteiger partial charge is 0.120 e. The Labute approximate surface area is 124 Å². The zero-order chi connectivity index (χ0) is 13.8. The average Bonchev–Trinajstić information content (AvgIpc) is 3.11. The van der Waals surface area contributed by atoms with E-state index in [1.165, 1.54) is 35.4 Å². The zero-order valence-corrected chi connectivity index (χ0v) is 12.8. The SMILES string of the molecule is CCCCc1nc2ccc(OCC3CCCN3)cc2s1. The summed E-state index contributed by atoms with van der Waals surface area (Å²) in [6.07, 6.45) is 6.03. The number of fused-ring (bicyclic) bond motifs is 1. The molecule has 2 aromatic rings. The molecule has 0 bridgehead atoms. The molecule has 1 atom stereocenters. The molecule has 1 aliphatic heterocycles. The Hall–Kier alpha value is -1.13. The van der Waals surface area contributed by atoms with E-state index in [1.807, 2.05) is 6.07 Å². The highest BCUT2D eigenvalue weighted by molar-refractivity contribution is 7.18. The molecule has 3 rings (SSSR count). The summed E-state index contributed by atoms with van der Waals surface area (Å²) < 4.78 is 7.15. The molecular formula is C16H22N2OS. The van der Waals surface area contributed by atoms with Gasteiger partial charge in [0.05, 0.1) is 15.2 Å². The van der Waals surface area contributed by atoms with Crippen LogP contribution in [0.15, 0.2) is 18.2 Å². The van der Waals surface area contributed by atoms with Crippen molar-refractivity contribution in [3.8, 4) is 5.75 Å². The molecule has 0 radical (unpaired) electrons. The second-order valence-corrected chi connectivity index (χ2v) is 6.56. The lowest BCUT2D eigenvalue weighted by Gasteiger charge is -2.11. The summed E-state index contributed by atoms with van der Waals surface area (Å²) in [7, 11) is 0. The number of rotatable bonds is 6. The van der Waals surface area contributed by atoms with Crippen molar-refractivity contribution < 1.29 is 4.74 Å². The molecule has 1 unspecified atom stereocenters. The number of hydrogen-bond donors (Lipinski definition) is 1. The molecule has 4 heteroatoms. The fourth-order valence-corrected chi connectivity index (χ4v) is 3.61. The predicted molar refractivity (Wildman–Crippen MR) is 84.8 cm³/mol. The van der Waals surface area contributed by atoms with E-state index < -0.39 is 0 Å².